The molecule has 2 aliphatic rings. The van der Waals surface area contributed by atoms with Crippen LogP contribution in [0.15, 0.2) is 17.2 Å². The van der Waals surface area contributed by atoms with Gasteiger partial charge < -0.3 is 14.4 Å². The van der Waals surface area contributed by atoms with E-state index in [2.05, 4.69) is 9.71 Å². The van der Waals surface area contributed by atoms with Gasteiger partial charge in [0.15, 0.2) is 0 Å². The van der Waals surface area contributed by atoms with E-state index in [0.717, 1.165) is 5.56 Å². The number of hydrogen-bond acceptors (Lipinski definition) is 6. The summed E-state index contributed by atoms with van der Waals surface area (Å²) in [7, 11) is -3.67. The van der Waals surface area contributed by atoms with Crippen LogP contribution < -0.4 is 9.46 Å². The second-order valence-corrected chi connectivity index (χ2v) is 9.63. The van der Waals surface area contributed by atoms with E-state index >= 15 is 0 Å². The number of sulfonamides is 1. The summed E-state index contributed by atoms with van der Waals surface area (Å²) in [6.45, 7) is 8.25. The average molecular weight is 383 g/mol. The maximum Gasteiger partial charge on any atom is 0.410 e. The molecular weight excluding hydrogens is 358 g/mol. The molecule has 3 rings (SSSR count). The molecule has 0 saturated carbocycles. The highest BCUT2D eigenvalue weighted by atomic mass is 32.2. The lowest BCUT2D eigenvalue weighted by molar-refractivity contribution is -0.0170. The Bertz CT molecular complexity index is 808. The van der Waals surface area contributed by atoms with Gasteiger partial charge in [-0.25, -0.2) is 22.9 Å². The molecule has 1 aromatic heterocycles. The summed E-state index contributed by atoms with van der Waals surface area (Å²) in [5.41, 5.74) is -0.533. The molecule has 1 N–H and O–H groups in total. The minimum absolute atomic E-state index is 0.0592. The van der Waals surface area contributed by atoms with Crippen molar-refractivity contribution in [1.29, 1.82) is 0 Å². The maximum atomic E-state index is 12.5. The fraction of sp³-hybridized carbons (Fsp3) is 0.647. The summed E-state index contributed by atoms with van der Waals surface area (Å²) in [6, 6.07) is 1.56. The van der Waals surface area contributed by atoms with Crippen LogP contribution in [0.1, 0.15) is 39.2 Å². The Hall–Kier alpha value is -1.87. The molecule has 3 heterocycles. The molecule has 0 unspecified atom stereocenters. The van der Waals surface area contributed by atoms with Crippen molar-refractivity contribution in [3.63, 3.8) is 0 Å². The number of nitrogens with zero attached hydrogens (tertiary/aromatic N) is 2. The predicted octanol–water partition coefficient (Wildman–Crippen LogP) is 1.83. The van der Waals surface area contributed by atoms with Crippen LogP contribution in [0.25, 0.3) is 0 Å². The number of piperidine rings is 1. The van der Waals surface area contributed by atoms with E-state index in [0.29, 0.717) is 25.9 Å². The molecule has 1 amide bonds. The average Bonchev–Trinajstić information content (AvgIpc) is 2.63. The molecule has 9 heteroatoms. The minimum Gasteiger partial charge on any atom is -0.469 e. The third-order valence-electron chi connectivity index (χ3n) is 4.47. The van der Waals surface area contributed by atoms with Gasteiger partial charge in [-0.15, -0.1) is 0 Å². The monoisotopic (exact) mass is 383 g/mol. The quantitative estimate of drug-likeness (QED) is 0.734. The number of likely N-dealkylation sites (tertiary alicyclic amines) is 1. The molecule has 2 aliphatic heterocycles. The van der Waals surface area contributed by atoms with Crippen LogP contribution in [0.5, 0.6) is 5.88 Å². The fourth-order valence-corrected chi connectivity index (χ4v) is 4.32. The van der Waals surface area contributed by atoms with Gasteiger partial charge in [0.2, 0.25) is 15.9 Å². The molecule has 1 fully saturated rings. The standard InChI is InChI=1S/C17H25N3O5S/c1-12-9-13-14(18-10-12)24-17(11-19-26(13,22)23)5-7-20(8-6-17)15(21)25-16(2,3)4/h9-10,19H,5-8,11H2,1-4H3. The van der Waals surface area contributed by atoms with Gasteiger partial charge in [0.1, 0.15) is 16.1 Å². The molecule has 144 valence electrons. The van der Waals surface area contributed by atoms with Crippen molar-refractivity contribution >= 4 is 16.1 Å². The maximum absolute atomic E-state index is 12.5. The first-order valence-electron chi connectivity index (χ1n) is 8.63. The van der Waals surface area contributed by atoms with Crippen LogP contribution in [0.4, 0.5) is 4.79 Å². The second kappa shape index (κ2) is 6.38. The van der Waals surface area contributed by atoms with Crippen molar-refractivity contribution in [1.82, 2.24) is 14.6 Å². The number of carbonyl (C=O) groups excluding carboxylic acids is 1. The van der Waals surface area contributed by atoms with Gasteiger partial charge in [-0.05, 0) is 39.3 Å². The summed E-state index contributed by atoms with van der Waals surface area (Å²) in [5.74, 6) is 0.117. The van der Waals surface area contributed by atoms with Gasteiger partial charge in [-0.2, -0.15) is 0 Å². The Labute approximate surface area is 153 Å². The van der Waals surface area contributed by atoms with E-state index in [9.17, 15) is 13.2 Å². The van der Waals surface area contributed by atoms with E-state index in [-0.39, 0.29) is 23.4 Å². The van der Waals surface area contributed by atoms with Crippen molar-refractivity contribution in [2.24, 2.45) is 0 Å². The Morgan fingerprint density at radius 3 is 2.62 bits per heavy atom. The number of nitrogens with one attached hydrogen (secondary N) is 1. The number of ether oxygens (including phenoxy) is 2. The van der Waals surface area contributed by atoms with Crippen LogP contribution in [-0.2, 0) is 14.8 Å². The molecule has 26 heavy (non-hydrogen) atoms. The molecule has 0 radical (unpaired) electrons. The topological polar surface area (TPSA) is 97.8 Å². The molecule has 1 saturated heterocycles. The van der Waals surface area contributed by atoms with Gasteiger partial charge in [0.05, 0.1) is 6.54 Å². The van der Waals surface area contributed by atoms with Crippen molar-refractivity contribution in [2.75, 3.05) is 19.6 Å². The van der Waals surface area contributed by atoms with Crippen molar-refractivity contribution in [2.45, 2.75) is 56.6 Å². The summed E-state index contributed by atoms with van der Waals surface area (Å²) >= 11 is 0. The molecule has 0 atom stereocenters. The van der Waals surface area contributed by atoms with Crippen LogP contribution in [0.2, 0.25) is 0 Å². The first-order chi connectivity index (χ1) is 12.0. The normalized spacial score (nSPS) is 21.5. The highest BCUT2D eigenvalue weighted by Crippen LogP contribution is 2.34. The molecule has 8 nitrogen and oxygen atoms in total. The van der Waals surface area contributed by atoms with Gasteiger partial charge in [-0.1, -0.05) is 0 Å². The van der Waals surface area contributed by atoms with E-state index in [1.165, 1.54) is 0 Å². The van der Waals surface area contributed by atoms with Crippen molar-refractivity contribution in [3.8, 4) is 5.88 Å². The van der Waals surface area contributed by atoms with E-state index in [4.69, 9.17) is 9.47 Å². The van der Waals surface area contributed by atoms with Crippen molar-refractivity contribution < 1.29 is 22.7 Å². The fourth-order valence-electron chi connectivity index (χ4n) is 3.05. The van der Waals surface area contributed by atoms with Gasteiger partial charge in [-0.3, -0.25) is 0 Å². The number of hydrogen-bond donors (Lipinski definition) is 1. The number of amides is 1. The second-order valence-electron chi connectivity index (χ2n) is 7.89. The smallest absolute Gasteiger partial charge is 0.410 e. The minimum atomic E-state index is -3.67. The zero-order valence-corrected chi connectivity index (χ0v) is 16.4. The Morgan fingerprint density at radius 1 is 1.35 bits per heavy atom. The highest BCUT2D eigenvalue weighted by molar-refractivity contribution is 7.89. The predicted molar refractivity (Wildman–Crippen MR) is 94.6 cm³/mol. The molecular formula is C17H25N3O5S. The van der Waals surface area contributed by atoms with Crippen molar-refractivity contribution in [3.05, 3.63) is 17.8 Å². The first-order valence-corrected chi connectivity index (χ1v) is 10.1. The lowest BCUT2D eigenvalue weighted by Gasteiger charge is -2.40. The number of fused-ring (bicyclic) bond motifs is 1. The molecule has 1 spiro atoms. The zero-order valence-electron chi connectivity index (χ0n) is 15.5. The van der Waals surface area contributed by atoms with Gasteiger partial charge in [0.25, 0.3) is 0 Å². The summed E-state index contributed by atoms with van der Waals surface area (Å²) < 4.78 is 39.1. The third-order valence-corrected chi connectivity index (χ3v) is 5.86. The molecule has 0 bridgehead atoms. The lowest BCUT2D eigenvalue weighted by atomic mass is 9.91. The number of carbonyl (C=O) groups is 1. The molecule has 0 aromatic carbocycles. The summed E-state index contributed by atoms with van der Waals surface area (Å²) in [4.78, 5) is 18.1. The Balaban J connectivity index is 1.77. The van der Waals surface area contributed by atoms with E-state index in [1.807, 2.05) is 20.8 Å². The molecule has 0 aliphatic carbocycles. The van der Waals surface area contributed by atoms with Crippen LogP contribution in [-0.4, -0.2) is 55.2 Å². The van der Waals surface area contributed by atoms with E-state index < -0.39 is 21.2 Å². The number of aryl methyl sites for hydroxylation is 1. The summed E-state index contributed by atoms with van der Waals surface area (Å²) in [5, 5.41) is 0. The zero-order chi connectivity index (χ0) is 19.2. The number of rotatable bonds is 0. The SMILES string of the molecule is Cc1cnc2c(c1)S(=O)(=O)NCC1(CCN(C(=O)OC(C)(C)C)CC1)O2. The van der Waals surface area contributed by atoms with Crippen LogP contribution >= 0.6 is 0 Å². The Morgan fingerprint density at radius 2 is 2.00 bits per heavy atom. The Kier molecular flexibility index (Phi) is 4.64. The first kappa shape index (κ1) is 18.9. The van der Waals surface area contributed by atoms with Gasteiger partial charge in [0, 0.05) is 32.1 Å². The number of pyridine rings is 1. The third kappa shape index (κ3) is 3.93. The van der Waals surface area contributed by atoms with E-state index in [1.54, 1.807) is 24.1 Å². The highest BCUT2D eigenvalue weighted by Gasteiger charge is 2.43. The van der Waals surface area contributed by atoms with Crippen LogP contribution in [0, 0.1) is 6.92 Å². The largest absolute Gasteiger partial charge is 0.469 e. The summed E-state index contributed by atoms with van der Waals surface area (Å²) in [6.07, 6.45) is 2.20. The van der Waals surface area contributed by atoms with Gasteiger partial charge >= 0.3 is 6.09 Å². The molecule has 1 aromatic rings. The van der Waals surface area contributed by atoms with Crippen LogP contribution in [0.3, 0.4) is 0 Å². The number of aromatic nitrogens is 1. The lowest BCUT2D eigenvalue weighted by Crippen LogP contribution is -2.54.